The van der Waals surface area contributed by atoms with Gasteiger partial charge in [0.2, 0.25) is 0 Å². The summed E-state index contributed by atoms with van der Waals surface area (Å²) in [5, 5.41) is 10.7. The van der Waals surface area contributed by atoms with Crippen LogP contribution in [0.1, 0.15) is 4.88 Å². The molecule has 0 bridgehead atoms. The van der Waals surface area contributed by atoms with Crippen molar-refractivity contribution in [3.8, 4) is 0 Å². The molecule has 0 amide bonds. The molecule has 0 radical (unpaired) electrons. The van der Waals surface area contributed by atoms with Crippen LogP contribution in [0.5, 0.6) is 0 Å². The van der Waals surface area contributed by atoms with Crippen LogP contribution in [0, 0.1) is 10.1 Å². The van der Waals surface area contributed by atoms with Crippen LogP contribution in [0.4, 0.5) is 5.69 Å². The molecule has 18 heavy (non-hydrogen) atoms. The SMILES string of the molecule is O=c1c([N+](=O)[O-])cc(Br)cn1Cc1cnc(Cl)s1. The molecule has 2 aromatic rings. The maximum atomic E-state index is 11.8. The molecule has 0 aliphatic rings. The van der Waals surface area contributed by atoms with Gasteiger partial charge in [0.15, 0.2) is 4.47 Å². The Kier molecular flexibility index (Phi) is 3.79. The molecule has 0 atom stereocenters. The van der Waals surface area contributed by atoms with E-state index in [2.05, 4.69) is 20.9 Å². The molecule has 0 saturated carbocycles. The van der Waals surface area contributed by atoms with Gasteiger partial charge in [-0.2, -0.15) is 0 Å². The van der Waals surface area contributed by atoms with Crippen molar-refractivity contribution in [1.82, 2.24) is 9.55 Å². The molecule has 9 heteroatoms. The smallest absolute Gasteiger partial charge is 0.303 e. The molecule has 2 heterocycles. The number of nitrogens with zero attached hydrogens (tertiary/aromatic N) is 3. The number of nitro groups is 1. The van der Waals surface area contributed by atoms with Crippen LogP contribution in [0.3, 0.4) is 0 Å². The fourth-order valence-corrected chi connectivity index (χ4v) is 2.80. The van der Waals surface area contributed by atoms with Crippen LogP contribution in [-0.2, 0) is 6.54 Å². The summed E-state index contributed by atoms with van der Waals surface area (Å²) in [5.41, 5.74) is -1.13. The van der Waals surface area contributed by atoms with Gasteiger partial charge < -0.3 is 4.57 Å². The van der Waals surface area contributed by atoms with E-state index in [4.69, 9.17) is 11.6 Å². The largest absolute Gasteiger partial charge is 0.335 e. The van der Waals surface area contributed by atoms with Gasteiger partial charge in [0.05, 0.1) is 11.5 Å². The zero-order valence-corrected chi connectivity index (χ0v) is 11.8. The van der Waals surface area contributed by atoms with Crippen molar-refractivity contribution in [2.24, 2.45) is 0 Å². The Morgan fingerprint density at radius 3 is 2.89 bits per heavy atom. The summed E-state index contributed by atoms with van der Waals surface area (Å²) in [5.74, 6) is 0. The second-order valence-electron chi connectivity index (χ2n) is 3.31. The first-order valence-electron chi connectivity index (χ1n) is 4.62. The highest BCUT2D eigenvalue weighted by atomic mass is 79.9. The molecule has 0 N–H and O–H groups in total. The maximum Gasteiger partial charge on any atom is 0.335 e. The highest BCUT2D eigenvalue weighted by molar-refractivity contribution is 9.10. The first-order valence-corrected chi connectivity index (χ1v) is 6.60. The first kappa shape index (κ1) is 13.2. The molecular formula is C9H5BrClN3O3S. The number of hydrogen-bond donors (Lipinski definition) is 0. The summed E-state index contributed by atoms with van der Waals surface area (Å²) < 4.78 is 2.07. The van der Waals surface area contributed by atoms with E-state index in [0.29, 0.717) is 8.94 Å². The van der Waals surface area contributed by atoms with Crippen LogP contribution in [0.2, 0.25) is 4.47 Å². The quantitative estimate of drug-likeness (QED) is 0.630. The topological polar surface area (TPSA) is 78.0 Å². The normalized spacial score (nSPS) is 10.6. The van der Waals surface area contributed by atoms with Crippen molar-refractivity contribution < 1.29 is 4.92 Å². The lowest BCUT2D eigenvalue weighted by molar-refractivity contribution is -0.386. The molecule has 0 unspecified atom stereocenters. The van der Waals surface area contributed by atoms with Crippen molar-refractivity contribution >= 4 is 44.6 Å². The maximum absolute atomic E-state index is 11.8. The van der Waals surface area contributed by atoms with Gasteiger partial charge in [0, 0.05) is 27.8 Å². The van der Waals surface area contributed by atoms with E-state index >= 15 is 0 Å². The minimum atomic E-state index is -0.705. The second-order valence-corrected chi connectivity index (χ2v) is 5.93. The van der Waals surface area contributed by atoms with Crippen molar-refractivity contribution in [3.05, 3.63) is 52.7 Å². The summed E-state index contributed by atoms with van der Waals surface area (Å²) >= 11 is 10.0. The Balaban J connectivity index is 2.45. The lowest BCUT2D eigenvalue weighted by Gasteiger charge is -2.03. The Morgan fingerprint density at radius 1 is 1.61 bits per heavy atom. The van der Waals surface area contributed by atoms with Crippen LogP contribution < -0.4 is 5.56 Å². The summed E-state index contributed by atoms with van der Waals surface area (Å²) in [7, 11) is 0. The monoisotopic (exact) mass is 349 g/mol. The highest BCUT2D eigenvalue weighted by Gasteiger charge is 2.16. The summed E-state index contributed by atoms with van der Waals surface area (Å²) in [4.78, 5) is 26.4. The second kappa shape index (κ2) is 5.17. The van der Waals surface area contributed by atoms with Gasteiger partial charge in [-0.3, -0.25) is 14.9 Å². The predicted octanol–water partition coefficient (Wildman–Crippen LogP) is 2.68. The molecule has 0 aliphatic heterocycles. The molecule has 2 rings (SSSR count). The van der Waals surface area contributed by atoms with Gasteiger partial charge in [-0.05, 0) is 15.9 Å². The van der Waals surface area contributed by atoms with E-state index in [-0.39, 0.29) is 6.54 Å². The van der Waals surface area contributed by atoms with Crippen molar-refractivity contribution in [2.75, 3.05) is 0 Å². The van der Waals surface area contributed by atoms with Gasteiger partial charge in [-0.15, -0.1) is 11.3 Å². The average molecular weight is 351 g/mol. The van der Waals surface area contributed by atoms with Gasteiger partial charge in [-0.1, -0.05) is 11.6 Å². The van der Waals surface area contributed by atoms with E-state index in [1.54, 1.807) is 0 Å². The molecule has 0 aliphatic carbocycles. The van der Waals surface area contributed by atoms with E-state index in [9.17, 15) is 14.9 Å². The molecule has 0 aromatic carbocycles. The minimum absolute atomic E-state index is 0.198. The molecule has 0 saturated heterocycles. The standard InChI is InChI=1S/C9H5BrClN3O3S/c10-5-1-7(14(16)17)8(15)13(3-5)4-6-2-12-9(11)18-6/h1-3H,4H2. The van der Waals surface area contributed by atoms with Crippen LogP contribution in [0.15, 0.2) is 27.7 Å². The predicted molar refractivity (Wildman–Crippen MR) is 71.3 cm³/mol. The summed E-state index contributed by atoms with van der Waals surface area (Å²) in [6, 6.07) is 1.18. The number of hydrogen-bond acceptors (Lipinski definition) is 5. The Labute approximate surface area is 118 Å². The van der Waals surface area contributed by atoms with Crippen LogP contribution in [-0.4, -0.2) is 14.5 Å². The Morgan fingerprint density at radius 2 is 2.33 bits per heavy atom. The van der Waals surface area contributed by atoms with Gasteiger partial charge in [0.1, 0.15) is 0 Å². The number of rotatable bonds is 3. The van der Waals surface area contributed by atoms with Crippen molar-refractivity contribution in [1.29, 1.82) is 0 Å². The van der Waals surface area contributed by atoms with Gasteiger partial charge >= 0.3 is 11.2 Å². The lowest BCUT2D eigenvalue weighted by atomic mass is 10.4. The molecule has 94 valence electrons. The Hall–Kier alpha value is -1.25. The van der Waals surface area contributed by atoms with Crippen LogP contribution >= 0.6 is 38.9 Å². The number of aromatic nitrogens is 2. The molecule has 2 aromatic heterocycles. The van der Waals surface area contributed by atoms with E-state index in [0.717, 1.165) is 4.88 Å². The van der Waals surface area contributed by atoms with E-state index < -0.39 is 16.2 Å². The van der Waals surface area contributed by atoms with Crippen LogP contribution in [0.25, 0.3) is 0 Å². The zero-order chi connectivity index (χ0) is 13.3. The molecule has 0 spiro atoms. The fraction of sp³-hybridized carbons (Fsp3) is 0.111. The summed E-state index contributed by atoms with van der Waals surface area (Å²) in [6.07, 6.45) is 3.02. The third-order valence-corrected chi connectivity index (χ3v) is 3.62. The lowest BCUT2D eigenvalue weighted by Crippen LogP contribution is -2.22. The fourth-order valence-electron chi connectivity index (χ4n) is 1.36. The molecule has 6 nitrogen and oxygen atoms in total. The van der Waals surface area contributed by atoms with E-state index in [1.165, 1.54) is 34.4 Å². The van der Waals surface area contributed by atoms with Crippen molar-refractivity contribution in [3.63, 3.8) is 0 Å². The minimum Gasteiger partial charge on any atom is -0.303 e. The number of thiazole rings is 1. The van der Waals surface area contributed by atoms with Gasteiger partial charge in [0.25, 0.3) is 0 Å². The summed E-state index contributed by atoms with van der Waals surface area (Å²) in [6.45, 7) is 0.198. The van der Waals surface area contributed by atoms with Gasteiger partial charge in [-0.25, -0.2) is 4.98 Å². The number of halogens is 2. The zero-order valence-electron chi connectivity index (χ0n) is 8.67. The third-order valence-electron chi connectivity index (χ3n) is 2.08. The molecular weight excluding hydrogens is 346 g/mol. The molecule has 0 fully saturated rings. The first-order chi connectivity index (χ1) is 8.47. The van der Waals surface area contributed by atoms with E-state index in [1.807, 2.05) is 0 Å². The average Bonchev–Trinajstić information content (AvgIpc) is 2.68. The third kappa shape index (κ3) is 2.77. The Bertz CT molecular complexity index is 669. The number of pyridine rings is 1. The van der Waals surface area contributed by atoms with Crippen molar-refractivity contribution in [2.45, 2.75) is 6.54 Å². The highest BCUT2D eigenvalue weighted by Crippen LogP contribution is 2.20.